The third kappa shape index (κ3) is 4.65. The number of amides is 3. The van der Waals surface area contributed by atoms with Gasteiger partial charge in [0.2, 0.25) is 17.7 Å². The van der Waals surface area contributed by atoms with Gasteiger partial charge in [0.25, 0.3) is 0 Å². The fourth-order valence-corrected chi connectivity index (χ4v) is 5.44. The van der Waals surface area contributed by atoms with E-state index >= 15 is 0 Å². The summed E-state index contributed by atoms with van der Waals surface area (Å²) in [6.07, 6.45) is 4.56. The van der Waals surface area contributed by atoms with E-state index in [1.165, 1.54) is 28.7 Å². The largest absolute Gasteiger partial charge is 0.343 e. The summed E-state index contributed by atoms with van der Waals surface area (Å²) in [7, 11) is 0. The van der Waals surface area contributed by atoms with Crippen LogP contribution in [0.3, 0.4) is 0 Å². The topological polar surface area (TPSA) is 70.6 Å². The van der Waals surface area contributed by atoms with Gasteiger partial charge in [-0.05, 0) is 53.6 Å². The van der Waals surface area contributed by atoms with Gasteiger partial charge in [0, 0.05) is 38.3 Å². The Bertz CT molecular complexity index is 1260. The number of benzene rings is 2. The molecule has 6 nitrogen and oxygen atoms in total. The highest BCUT2D eigenvalue weighted by Gasteiger charge is 2.54. The van der Waals surface area contributed by atoms with Gasteiger partial charge in [0.15, 0.2) is 0 Å². The molecule has 36 heavy (non-hydrogen) atoms. The number of nitrogens with zero attached hydrogens (tertiary/aromatic N) is 3. The molecule has 0 radical (unpaired) electrons. The first-order valence-corrected chi connectivity index (χ1v) is 12.3. The van der Waals surface area contributed by atoms with Gasteiger partial charge in [-0.2, -0.15) is 0 Å². The molecular formula is C29H28FN3O3. The van der Waals surface area contributed by atoms with E-state index in [0.29, 0.717) is 30.1 Å². The number of likely N-dealkylation sites (tertiary alicyclic amines) is 2. The Kier molecular flexibility index (Phi) is 6.63. The van der Waals surface area contributed by atoms with Gasteiger partial charge in [-0.25, -0.2) is 4.39 Å². The van der Waals surface area contributed by atoms with Crippen LogP contribution in [0.5, 0.6) is 0 Å². The van der Waals surface area contributed by atoms with E-state index in [-0.39, 0.29) is 31.2 Å². The van der Waals surface area contributed by atoms with Crippen molar-refractivity contribution in [1.82, 2.24) is 14.8 Å². The number of piperidine rings is 1. The predicted molar refractivity (Wildman–Crippen MR) is 132 cm³/mol. The first-order valence-electron chi connectivity index (χ1n) is 12.3. The minimum atomic E-state index is -1.42. The maximum Gasteiger partial charge on any atom is 0.241 e. The quantitative estimate of drug-likeness (QED) is 0.491. The van der Waals surface area contributed by atoms with Gasteiger partial charge in [-0.3, -0.25) is 24.3 Å². The standard InChI is InChI=1S/C29H28FN3O3/c30-25-10-4-9-24(16-25)29(18-27(35)33(28(29)36)20-21-6-5-13-31-19-21)17-26(34)32-14-11-23(12-15-32)22-7-2-1-3-8-22/h1-10,13,16,19,23H,11-12,14-15,17-18,20H2/t29-/m1/s1. The molecular weight excluding hydrogens is 457 g/mol. The number of imide groups is 1. The fraction of sp³-hybridized carbons (Fsp3) is 0.310. The smallest absolute Gasteiger partial charge is 0.241 e. The van der Waals surface area contributed by atoms with Crippen LogP contribution in [0.4, 0.5) is 4.39 Å². The molecule has 1 aromatic heterocycles. The zero-order chi connectivity index (χ0) is 25.1. The normalized spacial score (nSPS) is 20.7. The van der Waals surface area contributed by atoms with Crippen LogP contribution in [0.1, 0.15) is 48.3 Å². The van der Waals surface area contributed by atoms with Crippen molar-refractivity contribution in [1.29, 1.82) is 0 Å². The average Bonchev–Trinajstić information content (AvgIpc) is 3.15. The van der Waals surface area contributed by atoms with Crippen molar-refractivity contribution in [2.75, 3.05) is 13.1 Å². The second kappa shape index (κ2) is 10.0. The van der Waals surface area contributed by atoms with Crippen molar-refractivity contribution in [3.63, 3.8) is 0 Å². The highest BCUT2D eigenvalue weighted by Crippen LogP contribution is 2.41. The van der Waals surface area contributed by atoms with Crippen LogP contribution in [0.15, 0.2) is 79.1 Å². The number of hydrogen-bond donors (Lipinski definition) is 0. The number of hydrogen-bond acceptors (Lipinski definition) is 4. The lowest BCUT2D eigenvalue weighted by atomic mass is 9.75. The van der Waals surface area contributed by atoms with Gasteiger partial charge in [0.1, 0.15) is 5.82 Å². The number of halogens is 1. The summed E-state index contributed by atoms with van der Waals surface area (Å²) in [5, 5.41) is 0. The molecule has 0 saturated carbocycles. The molecule has 2 aliphatic heterocycles. The summed E-state index contributed by atoms with van der Waals surface area (Å²) in [6, 6.07) is 19.5. The number of carbonyl (C=O) groups is 3. The van der Waals surface area contributed by atoms with Crippen LogP contribution >= 0.6 is 0 Å². The lowest BCUT2D eigenvalue weighted by Gasteiger charge is -2.35. The van der Waals surface area contributed by atoms with Crippen LogP contribution in [-0.2, 0) is 26.3 Å². The number of aromatic nitrogens is 1. The molecule has 0 spiro atoms. The van der Waals surface area contributed by atoms with Gasteiger partial charge in [-0.1, -0.05) is 48.5 Å². The molecule has 2 aromatic carbocycles. The number of carbonyl (C=O) groups excluding carboxylic acids is 3. The van der Waals surface area contributed by atoms with Gasteiger partial charge < -0.3 is 4.90 Å². The van der Waals surface area contributed by atoms with E-state index in [1.54, 1.807) is 35.5 Å². The molecule has 5 rings (SSSR count). The summed E-state index contributed by atoms with van der Waals surface area (Å²) < 4.78 is 14.2. The molecule has 184 valence electrons. The monoisotopic (exact) mass is 485 g/mol. The minimum Gasteiger partial charge on any atom is -0.343 e. The zero-order valence-electron chi connectivity index (χ0n) is 20.0. The van der Waals surface area contributed by atoms with E-state index in [2.05, 4.69) is 17.1 Å². The Balaban J connectivity index is 1.37. The van der Waals surface area contributed by atoms with Crippen LogP contribution in [0.25, 0.3) is 0 Å². The number of pyridine rings is 1. The van der Waals surface area contributed by atoms with Crippen molar-refractivity contribution in [3.8, 4) is 0 Å². The molecule has 0 N–H and O–H groups in total. The molecule has 2 saturated heterocycles. The van der Waals surface area contributed by atoms with Crippen molar-refractivity contribution >= 4 is 17.7 Å². The summed E-state index contributed by atoms with van der Waals surface area (Å²) in [5.74, 6) is -1.14. The van der Waals surface area contributed by atoms with E-state index in [1.807, 2.05) is 18.2 Å². The molecule has 3 aromatic rings. The Hall–Kier alpha value is -3.87. The Morgan fingerprint density at radius 1 is 1.00 bits per heavy atom. The van der Waals surface area contributed by atoms with Crippen LogP contribution < -0.4 is 0 Å². The molecule has 3 amide bonds. The molecule has 0 aliphatic carbocycles. The van der Waals surface area contributed by atoms with Gasteiger partial charge in [-0.15, -0.1) is 0 Å². The van der Waals surface area contributed by atoms with Gasteiger partial charge >= 0.3 is 0 Å². The summed E-state index contributed by atoms with van der Waals surface area (Å²) in [6.45, 7) is 1.23. The maximum atomic E-state index is 14.2. The SMILES string of the molecule is O=C(C[C@]1(c2cccc(F)c2)CC(=O)N(Cc2cccnc2)C1=O)N1CCC(c2ccccc2)CC1. The molecule has 0 unspecified atom stereocenters. The molecule has 2 fully saturated rings. The van der Waals surface area contributed by atoms with Crippen LogP contribution in [0.2, 0.25) is 0 Å². The Morgan fingerprint density at radius 3 is 2.47 bits per heavy atom. The first-order chi connectivity index (χ1) is 17.5. The van der Waals surface area contributed by atoms with Crippen LogP contribution in [0, 0.1) is 5.82 Å². The lowest BCUT2D eigenvalue weighted by Crippen LogP contribution is -2.45. The number of rotatable bonds is 6. The predicted octanol–water partition coefficient (Wildman–Crippen LogP) is 4.21. The lowest BCUT2D eigenvalue weighted by molar-refractivity contribution is -0.143. The highest BCUT2D eigenvalue weighted by molar-refractivity contribution is 6.10. The summed E-state index contributed by atoms with van der Waals surface area (Å²) in [4.78, 5) is 47.4. The molecule has 7 heteroatoms. The van der Waals surface area contributed by atoms with Gasteiger partial charge in [0.05, 0.1) is 12.0 Å². The Morgan fingerprint density at radius 2 is 1.78 bits per heavy atom. The molecule has 3 heterocycles. The fourth-order valence-electron chi connectivity index (χ4n) is 5.44. The first kappa shape index (κ1) is 23.9. The third-order valence-corrected chi connectivity index (χ3v) is 7.42. The Labute approximate surface area is 209 Å². The van der Waals surface area contributed by atoms with E-state index in [9.17, 15) is 18.8 Å². The van der Waals surface area contributed by atoms with E-state index in [0.717, 1.165) is 12.8 Å². The molecule has 2 aliphatic rings. The van der Waals surface area contributed by atoms with Crippen molar-refractivity contribution in [2.24, 2.45) is 0 Å². The van der Waals surface area contributed by atoms with Crippen molar-refractivity contribution < 1.29 is 18.8 Å². The summed E-state index contributed by atoms with van der Waals surface area (Å²) in [5.41, 5.74) is 0.920. The second-order valence-corrected chi connectivity index (χ2v) is 9.66. The zero-order valence-corrected chi connectivity index (χ0v) is 20.0. The average molecular weight is 486 g/mol. The van der Waals surface area contributed by atoms with E-state index in [4.69, 9.17) is 0 Å². The van der Waals surface area contributed by atoms with Crippen molar-refractivity contribution in [3.05, 3.63) is 102 Å². The maximum absolute atomic E-state index is 14.2. The molecule has 0 bridgehead atoms. The minimum absolute atomic E-state index is 0.0687. The van der Waals surface area contributed by atoms with Crippen molar-refractivity contribution in [2.45, 2.75) is 43.6 Å². The second-order valence-electron chi connectivity index (χ2n) is 9.66. The van der Waals surface area contributed by atoms with Crippen LogP contribution in [-0.4, -0.2) is 45.6 Å². The highest BCUT2D eigenvalue weighted by atomic mass is 19.1. The third-order valence-electron chi connectivity index (χ3n) is 7.42. The summed E-state index contributed by atoms with van der Waals surface area (Å²) >= 11 is 0. The van der Waals surface area contributed by atoms with E-state index < -0.39 is 17.1 Å². The molecule has 1 atom stereocenters.